The third kappa shape index (κ3) is 9.65. The van der Waals surface area contributed by atoms with E-state index in [1.165, 1.54) is 6.92 Å². The highest BCUT2D eigenvalue weighted by atomic mass is 16.4. The molecule has 0 aromatic heterocycles. The monoisotopic (exact) mass is 444 g/mol. The molecule has 0 aromatic carbocycles. The highest BCUT2D eigenvalue weighted by Crippen LogP contribution is 2.12. The van der Waals surface area contributed by atoms with Crippen LogP contribution in [-0.4, -0.2) is 64.2 Å². The maximum absolute atomic E-state index is 13.0. The molecule has 6 atom stereocenters. The minimum Gasteiger partial charge on any atom is -0.480 e. The first-order chi connectivity index (χ1) is 14.2. The number of rotatable bonds is 13. The third-order valence-electron chi connectivity index (χ3n) is 5.20. The zero-order valence-electron chi connectivity index (χ0n) is 19.6. The summed E-state index contributed by atoms with van der Waals surface area (Å²) in [6, 6.07) is -4.23. The Balaban J connectivity index is 5.57. The summed E-state index contributed by atoms with van der Waals surface area (Å²) in [5, 5.41) is 26.4. The van der Waals surface area contributed by atoms with E-state index in [0.717, 1.165) is 0 Å². The van der Waals surface area contributed by atoms with Crippen LogP contribution >= 0.6 is 0 Å². The van der Waals surface area contributed by atoms with Crippen LogP contribution in [0.4, 0.5) is 0 Å². The summed E-state index contributed by atoms with van der Waals surface area (Å²) in [6.07, 6.45) is -0.475. The van der Waals surface area contributed by atoms with Gasteiger partial charge in [0, 0.05) is 0 Å². The van der Waals surface area contributed by atoms with Crippen LogP contribution in [-0.2, 0) is 19.2 Å². The van der Waals surface area contributed by atoms with Crippen molar-refractivity contribution in [1.29, 1.82) is 0 Å². The third-order valence-corrected chi connectivity index (χ3v) is 5.20. The first-order valence-electron chi connectivity index (χ1n) is 10.8. The fraction of sp³-hybridized carbons (Fsp3) is 0.810. The minimum atomic E-state index is -1.51. The smallest absolute Gasteiger partial charge is 0.328 e. The zero-order chi connectivity index (χ0) is 24.5. The normalized spacial score (nSPS) is 17.3. The van der Waals surface area contributed by atoms with E-state index < -0.39 is 54.0 Å². The Hall–Kier alpha value is -2.20. The maximum Gasteiger partial charge on any atom is 0.328 e. The second-order valence-electron chi connectivity index (χ2n) is 8.90. The van der Waals surface area contributed by atoms with Gasteiger partial charge in [-0.3, -0.25) is 14.4 Å². The molecular weight excluding hydrogens is 404 g/mol. The Morgan fingerprint density at radius 3 is 1.74 bits per heavy atom. The van der Waals surface area contributed by atoms with Crippen molar-refractivity contribution in [2.75, 3.05) is 0 Å². The summed E-state index contributed by atoms with van der Waals surface area (Å²) in [5.41, 5.74) is 5.89. The van der Waals surface area contributed by atoms with E-state index in [4.69, 9.17) is 5.73 Å². The number of aliphatic carboxylic acids is 1. The molecule has 7 N–H and O–H groups in total. The molecule has 0 fully saturated rings. The average molecular weight is 445 g/mol. The number of carbonyl (C=O) groups is 4. The lowest BCUT2D eigenvalue weighted by molar-refractivity contribution is -0.145. The van der Waals surface area contributed by atoms with E-state index >= 15 is 0 Å². The van der Waals surface area contributed by atoms with Crippen LogP contribution < -0.4 is 21.7 Å². The van der Waals surface area contributed by atoms with Crippen molar-refractivity contribution < 1.29 is 29.4 Å². The summed E-state index contributed by atoms with van der Waals surface area (Å²) >= 11 is 0. The molecule has 0 saturated heterocycles. The van der Waals surface area contributed by atoms with Gasteiger partial charge in [-0.25, -0.2) is 4.79 Å². The summed E-state index contributed by atoms with van der Waals surface area (Å²) in [7, 11) is 0. The lowest BCUT2D eigenvalue weighted by Gasteiger charge is -2.29. The molecule has 0 heterocycles. The number of aliphatic hydroxyl groups is 1. The molecule has 0 aliphatic carbocycles. The molecule has 0 aliphatic rings. The lowest BCUT2D eigenvalue weighted by atomic mass is 9.95. The van der Waals surface area contributed by atoms with Crippen molar-refractivity contribution in [2.45, 2.75) is 91.6 Å². The predicted octanol–water partition coefficient (Wildman–Crippen LogP) is -0.0183. The van der Waals surface area contributed by atoms with Crippen LogP contribution in [0.5, 0.6) is 0 Å². The Morgan fingerprint density at radius 1 is 0.839 bits per heavy atom. The van der Waals surface area contributed by atoms with Crippen LogP contribution in [0.15, 0.2) is 0 Å². The Bertz CT molecular complexity index is 623. The summed E-state index contributed by atoms with van der Waals surface area (Å²) in [5.74, 6) is -3.45. The molecule has 0 spiro atoms. The van der Waals surface area contributed by atoms with Crippen molar-refractivity contribution in [3.8, 4) is 0 Å². The lowest BCUT2D eigenvalue weighted by Crippen LogP contribution is -2.60. The summed E-state index contributed by atoms with van der Waals surface area (Å²) in [4.78, 5) is 49.4. The topological polar surface area (TPSA) is 171 Å². The Labute approximate surface area is 184 Å². The van der Waals surface area contributed by atoms with Crippen molar-refractivity contribution in [3.05, 3.63) is 0 Å². The minimum absolute atomic E-state index is 0.0110. The average Bonchev–Trinajstić information content (AvgIpc) is 2.66. The number of carbonyl (C=O) groups excluding carboxylic acids is 3. The number of carboxylic acids is 1. The zero-order valence-corrected chi connectivity index (χ0v) is 19.6. The molecule has 10 nitrogen and oxygen atoms in total. The highest BCUT2D eigenvalue weighted by molar-refractivity contribution is 5.94. The molecule has 0 rings (SSSR count). The number of aliphatic hydroxyl groups excluding tert-OH is 1. The van der Waals surface area contributed by atoms with Gasteiger partial charge in [0.2, 0.25) is 17.7 Å². The van der Waals surface area contributed by atoms with Crippen LogP contribution in [0.3, 0.4) is 0 Å². The SMILES string of the molecule is CCC(C)C(NC(=O)C(N)C(C)C)C(=O)NC(CC(C)C)C(=O)NC(C(=O)O)C(C)O. The van der Waals surface area contributed by atoms with Gasteiger partial charge < -0.3 is 31.9 Å². The van der Waals surface area contributed by atoms with Crippen LogP contribution in [0.25, 0.3) is 0 Å². The van der Waals surface area contributed by atoms with Crippen molar-refractivity contribution in [3.63, 3.8) is 0 Å². The quantitative estimate of drug-likeness (QED) is 0.232. The first kappa shape index (κ1) is 28.8. The molecule has 0 radical (unpaired) electrons. The van der Waals surface area contributed by atoms with Crippen LogP contribution in [0.2, 0.25) is 0 Å². The van der Waals surface area contributed by atoms with Gasteiger partial charge in [0.05, 0.1) is 12.1 Å². The number of nitrogens with one attached hydrogen (secondary N) is 3. The van der Waals surface area contributed by atoms with Gasteiger partial charge in [-0.1, -0.05) is 48.0 Å². The Kier molecular flexibility index (Phi) is 12.3. The molecule has 0 bridgehead atoms. The fourth-order valence-corrected chi connectivity index (χ4v) is 2.86. The van der Waals surface area contributed by atoms with Crippen molar-refractivity contribution in [2.24, 2.45) is 23.5 Å². The second kappa shape index (κ2) is 13.3. The predicted molar refractivity (Wildman–Crippen MR) is 117 cm³/mol. The molecule has 0 aromatic rings. The van der Waals surface area contributed by atoms with Gasteiger partial charge in [-0.2, -0.15) is 0 Å². The summed E-state index contributed by atoms with van der Waals surface area (Å²) in [6.45, 7) is 12.2. The fourth-order valence-electron chi connectivity index (χ4n) is 2.86. The van der Waals surface area contributed by atoms with Crippen molar-refractivity contribution >= 4 is 23.7 Å². The molecule has 0 saturated carbocycles. The van der Waals surface area contributed by atoms with E-state index in [1.807, 2.05) is 20.8 Å². The van der Waals surface area contributed by atoms with E-state index in [1.54, 1.807) is 20.8 Å². The first-order valence-corrected chi connectivity index (χ1v) is 10.8. The van der Waals surface area contributed by atoms with E-state index in [2.05, 4.69) is 16.0 Å². The van der Waals surface area contributed by atoms with Crippen molar-refractivity contribution in [1.82, 2.24) is 16.0 Å². The highest BCUT2D eigenvalue weighted by Gasteiger charge is 2.34. The second-order valence-corrected chi connectivity index (χ2v) is 8.90. The van der Waals surface area contributed by atoms with Gasteiger partial charge in [-0.15, -0.1) is 0 Å². The van der Waals surface area contributed by atoms with E-state index in [9.17, 15) is 29.4 Å². The number of nitrogens with two attached hydrogens (primary N) is 1. The van der Waals surface area contributed by atoms with Crippen LogP contribution in [0, 0.1) is 17.8 Å². The van der Waals surface area contributed by atoms with Gasteiger partial charge in [0.15, 0.2) is 6.04 Å². The number of hydrogen-bond donors (Lipinski definition) is 6. The molecule has 0 aliphatic heterocycles. The molecule has 3 amide bonds. The van der Waals surface area contributed by atoms with E-state index in [0.29, 0.717) is 6.42 Å². The van der Waals surface area contributed by atoms with Gasteiger partial charge in [-0.05, 0) is 31.1 Å². The molecule has 6 unspecified atom stereocenters. The van der Waals surface area contributed by atoms with Crippen LogP contribution in [0.1, 0.15) is 61.3 Å². The molecular formula is C21H40N4O6. The summed E-state index contributed by atoms with van der Waals surface area (Å²) < 4.78 is 0. The standard InChI is InChI=1S/C21H40N4O6/c1-8-12(6)16(24-19(28)15(22)11(4)5)20(29)23-14(9-10(2)3)18(27)25-17(13(7)26)21(30)31/h10-17,26H,8-9,22H2,1-7H3,(H,23,29)(H,24,28)(H,25,27)(H,30,31). The molecule has 180 valence electrons. The Morgan fingerprint density at radius 2 is 1.35 bits per heavy atom. The molecule has 31 heavy (non-hydrogen) atoms. The number of amides is 3. The van der Waals surface area contributed by atoms with Gasteiger partial charge >= 0.3 is 5.97 Å². The maximum atomic E-state index is 13.0. The van der Waals surface area contributed by atoms with Gasteiger partial charge in [0.1, 0.15) is 12.1 Å². The number of carboxylic acid groups (broad SMARTS) is 1. The van der Waals surface area contributed by atoms with Gasteiger partial charge in [0.25, 0.3) is 0 Å². The largest absolute Gasteiger partial charge is 0.480 e. The van der Waals surface area contributed by atoms with E-state index in [-0.39, 0.29) is 24.2 Å². The molecule has 10 heteroatoms. The number of hydrogen-bond acceptors (Lipinski definition) is 6.